The predicted octanol–water partition coefficient (Wildman–Crippen LogP) is 0.352. The molecule has 3 nitrogen and oxygen atoms in total. The van der Waals surface area contributed by atoms with Gasteiger partial charge in [0.05, 0.1) is 0 Å². The van der Waals surface area contributed by atoms with Gasteiger partial charge in [0.1, 0.15) is 0 Å². The molecule has 2 atom stereocenters. The van der Waals surface area contributed by atoms with Gasteiger partial charge in [-0.25, -0.2) is 0 Å². The van der Waals surface area contributed by atoms with Gasteiger partial charge in [0.15, 0.2) is 0 Å². The molecule has 0 saturated heterocycles. The fourth-order valence-electron chi connectivity index (χ4n) is 1.73. The average Bonchev–Trinajstić information content (AvgIpc) is 2.21. The number of rotatable bonds is 2. The molecule has 74 valence electrons. The third-order valence-corrected chi connectivity index (χ3v) is 2.41. The molecule has 1 saturated carbocycles. The van der Waals surface area contributed by atoms with E-state index in [0.717, 1.165) is 19.3 Å². The average molecular weight is 175 g/mol. The summed E-state index contributed by atoms with van der Waals surface area (Å²) in [5.74, 6) is 0.928. The molecule has 0 radical (unpaired) electrons. The molecule has 12 heavy (non-hydrogen) atoms. The lowest BCUT2D eigenvalue weighted by Crippen LogP contribution is -2.20. The van der Waals surface area contributed by atoms with Crippen LogP contribution < -0.4 is 5.73 Å². The van der Waals surface area contributed by atoms with Crippen molar-refractivity contribution < 1.29 is 10.2 Å². The maximum atomic E-state index is 8.82. The Hall–Kier alpha value is -0.120. The quantitative estimate of drug-likeness (QED) is 0.567. The zero-order valence-corrected chi connectivity index (χ0v) is 7.87. The molecule has 1 aliphatic rings. The van der Waals surface area contributed by atoms with Crippen LogP contribution in [0.4, 0.5) is 0 Å². The van der Waals surface area contributed by atoms with Crippen LogP contribution in [0, 0.1) is 11.8 Å². The lowest BCUT2D eigenvalue weighted by molar-refractivity contribution is 0.121. The molecule has 0 aromatic heterocycles. The van der Waals surface area contributed by atoms with E-state index < -0.39 is 0 Å². The second kappa shape index (κ2) is 7.53. The lowest BCUT2D eigenvalue weighted by Gasteiger charge is -2.26. The molecule has 0 bridgehead atoms. The van der Waals surface area contributed by atoms with Crippen LogP contribution in [-0.4, -0.2) is 30.5 Å². The highest BCUT2D eigenvalue weighted by atomic mass is 16.3. The van der Waals surface area contributed by atoms with E-state index in [2.05, 4.69) is 5.73 Å². The molecule has 1 rings (SSSR count). The summed E-state index contributed by atoms with van der Waals surface area (Å²) in [5.41, 5.74) is 4.50. The highest BCUT2D eigenvalue weighted by molar-refractivity contribution is 4.71. The maximum Gasteiger partial charge on any atom is 0.0459 e. The Morgan fingerprint density at radius 3 is 1.83 bits per heavy atom. The van der Waals surface area contributed by atoms with Gasteiger partial charge in [0.2, 0.25) is 0 Å². The molecule has 1 fully saturated rings. The summed E-state index contributed by atoms with van der Waals surface area (Å²) < 4.78 is 0. The van der Waals surface area contributed by atoms with E-state index in [0.29, 0.717) is 25.0 Å². The molecular formula is C9H21NO2. The smallest absolute Gasteiger partial charge is 0.0459 e. The topological polar surface area (TPSA) is 66.5 Å². The van der Waals surface area contributed by atoms with Crippen molar-refractivity contribution >= 4 is 0 Å². The first-order chi connectivity index (χ1) is 5.86. The van der Waals surface area contributed by atoms with E-state index in [9.17, 15) is 0 Å². The largest absolute Gasteiger partial charge is 0.396 e. The maximum absolute atomic E-state index is 8.82. The summed E-state index contributed by atoms with van der Waals surface area (Å²) in [6.45, 7) is 0.604. The second-order valence-corrected chi connectivity index (χ2v) is 3.26. The summed E-state index contributed by atoms with van der Waals surface area (Å²) in [6, 6.07) is 0. The van der Waals surface area contributed by atoms with Crippen LogP contribution in [0.15, 0.2) is 0 Å². The van der Waals surface area contributed by atoms with Crippen LogP contribution in [0.2, 0.25) is 0 Å². The summed E-state index contributed by atoms with van der Waals surface area (Å²) >= 11 is 0. The minimum absolute atomic E-state index is 0.302. The van der Waals surface area contributed by atoms with Crippen molar-refractivity contribution in [3.63, 3.8) is 0 Å². The SMILES string of the molecule is CN.OCC1CCCC(CO)C1. The van der Waals surface area contributed by atoms with E-state index in [-0.39, 0.29) is 0 Å². The van der Waals surface area contributed by atoms with E-state index in [1.807, 2.05) is 0 Å². The molecule has 0 aliphatic heterocycles. The van der Waals surface area contributed by atoms with Gasteiger partial charge < -0.3 is 15.9 Å². The number of hydrogen-bond acceptors (Lipinski definition) is 3. The molecule has 4 N–H and O–H groups in total. The summed E-state index contributed by atoms with van der Waals surface area (Å²) in [6.07, 6.45) is 4.49. The van der Waals surface area contributed by atoms with E-state index in [1.165, 1.54) is 13.5 Å². The minimum atomic E-state index is 0.302. The zero-order valence-electron chi connectivity index (χ0n) is 7.87. The van der Waals surface area contributed by atoms with Crippen molar-refractivity contribution in [3.05, 3.63) is 0 Å². The Kier molecular flexibility index (Phi) is 7.45. The Morgan fingerprint density at radius 2 is 1.50 bits per heavy atom. The fraction of sp³-hybridized carbons (Fsp3) is 1.00. The van der Waals surface area contributed by atoms with Gasteiger partial charge in [0.25, 0.3) is 0 Å². The Morgan fingerprint density at radius 1 is 1.08 bits per heavy atom. The standard InChI is InChI=1S/C8H16O2.CH5N/c9-5-7-2-1-3-8(4-7)6-10;1-2/h7-10H,1-6H2;2H2,1H3. The number of hydrogen-bond donors (Lipinski definition) is 3. The summed E-state index contributed by atoms with van der Waals surface area (Å²) in [5, 5.41) is 17.6. The molecule has 2 unspecified atom stereocenters. The van der Waals surface area contributed by atoms with Crippen LogP contribution in [0.25, 0.3) is 0 Å². The first kappa shape index (κ1) is 11.9. The molecule has 0 amide bonds. The van der Waals surface area contributed by atoms with Crippen molar-refractivity contribution in [2.75, 3.05) is 20.3 Å². The van der Waals surface area contributed by atoms with Gasteiger partial charge in [0, 0.05) is 13.2 Å². The fourth-order valence-corrected chi connectivity index (χ4v) is 1.73. The van der Waals surface area contributed by atoms with Gasteiger partial charge in [-0.05, 0) is 38.1 Å². The highest BCUT2D eigenvalue weighted by Crippen LogP contribution is 2.27. The molecule has 0 aromatic rings. The normalized spacial score (nSPS) is 29.0. The Balaban J connectivity index is 0.000000561. The number of nitrogens with two attached hydrogens (primary N) is 1. The summed E-state index contributed by atoms with van der Waals surface area (Å²) in [7, 11) is 1.50. The monoisotopic (exact) mass is 175 g/mol. The molecular weight excluding hydrogens is 154 g/mol. The Bertz CT molecular complexity index is 88.5. The zero-order chi connectivity index (χ0) is 9.40. The van der Waals surface area contributed by atoms with E-state index in [4.69, 9.17) is 10.2 Å². The molecule has 0 spiro atoms. The van der Waals surface area contributed by atoms with Crippen LogP contribution in [0.1, 0.15) is 25.7 Å². The van der Waals surface area contributed by atoms with Crippen LogP contribution >= 0.6 is 0 Å². The Labute approximate surface area is 74.6 Å². The van der Waals surface area contributed by atoms with Gasteiger partial charge in [-0.2, -0.15) is 0 Å². The minimum Gasteiger partial charge on any atom is -0.396 e. The summed E-state index contributed by atoms with van der Waals surface area (Å²) in [4.78, 5) is 0. The van der Waals surface area contributed by atoms with Crippen LogP contribution in [-0.2, 0) is 0 Å². The third-order valence-electron chi connectivity index (χ3n) is 2.41. The van der Waals surface area contributed by atoms with Crippen molar-refractivity contribution in [1.82, 2.24) is 0 Å². The van der Waals surface area contributed by atoms with Crippen LogP contribution in [0.3, 0.4) is 0 Å². The van der Waals surface area contributed by atoms with Crippen molar-refractivity contribution in [1.29, 1.82) is 0 Å². The van der Waals surface area contributed by atoms with E-state index in [1.54, 1.807) is 0 Å². The highest BCUT2D eigenvalue weighted by Gasteiger charge is 2.20. The first-order valence-electron chi connectivity index (χ1n) is 4.66. The molecule has 3 heteroatoms. The molecule has 1 aliphatic carbocycles. The van der Waals surface area contributed by atoms with Crippen LogP contribution in [0.5, 0.6) is 0 Å². The second-order valence-electron chi connectivity index (χ2n) is 3.26. The van der Waals surface area contributed by atoms with Gasteiger partial charge in [-0.3, -0.25) is 0 Å². The molecule has 0 aromatic carbocycles. The van der Waals surface area contributed by atoms with E-state index >= 15 is 0 Å². The van der Waals surface area contributed by atoms with Gasteiger partial charge >= 0.3 is 0 Å². The number of aliphatic hydroxyl groups excluding tert-OH is 2. The number of aliphatic hydroxyl groups is 2. The molecule has 0 heterocycles. The van der Waals surface area contributed by atoms with Gasteiger partial charge in [-0.15, -0.1) is 0 Å². The van der Waals surface area contributed by atoms with Crippen molar-refractivity contribution in [2.45, 2.75) is 25.7 Å². The van der Waals surface area contributed by atoms with Crippen molar-refractivity contribution in [2.24, 2.45) is 17.6 Å². The predicted molar refractivity (Wildman–Crippen MR) is 49.7 cm³/mol. The third kappa shape index (κ3) is 4.04. The lowest BCUT2D eigenvalue weighted by atomic mass is 9.82. The first-order valence-corrected chi connectivity index (χ1v) is 4.66. The van der Waals surface area contributed by atoms with Gasteiger partial charge in [-0.1, -0.05) is 6.42 Å². The van der Waals surface area contributed by atoms with Crippen molar-refractivity contribution in [3.8, 4) is 0 Å².